The Balaban J connectivity index is 1.93. The molecule has 0 bridgehead atoms. The Morgan fingerprint density at radius 1 is 1.50 bits per heavy atom. The lowest BCUT2D eigenvalue weighted by Crippen LogP contribution is -2.34. The summed E-state index contributed by atoms with van der Waals surface area (Å²) < 4.78 is 0. The number of hydrogen-bond acceptors (Lipinski definition) is 3. The van der Waals surface area contributed by atoms with Crippen molar-refractivity contribution >= 4 is 16.8 Å². The number of para-hydroxylation sites is 1. The van der Waals surface area contributed by atoms with Crippen LogP contribution in [-0.4, -0.2) is 44.8 Å². The molecule has 0 radical (unpaired) electrons. The Morgan fingerprint density at radius 2 is 2.28 bits per heavy atom. The molecule has 18 heavy (non-hydrogen) atoms. The van der Waals surface area contributed by atoms with E-state index in [0.717, 1.165) is 10.9 Å². The first kappa shape index (κ1) is 11.2. The monoisotopic (exact) mass is 245 g/mol. The highest BCUT2D eigenvalue weighted by atomic mass is 16.3. The van der Waals surface area contributed by atoms with E-state index in [1.807, 2.05) is 24.3 Å². The van der Waals surface area contributed by atoms with E-state index in [4.69, 9.17) is 0 Å². The molecule has 1 aromatic heterocycles. The van der Waals surface area contributed by atoms with Crippen molar-refractivity contribution in [1.29, 1.82) is 0 Å². The summed E-state index contributed by atoms with van der Waals surface area (Å²) in [6.45, 7) is 2.70. The maximum atomic E-state index is 12.3. The first-order chi connectivity index (χ1) is 8.57. The van der Waals surface area contributed by atoms with Gasteiger partial charge in [0.2, 0.25) is 0 Å². The zero-order valence-electron chi connectivity index (χ0n) is 10.2. The fourth-order valence-corrected chi connectivity index (χ4v) is 2.39. The lowest BCUT2D eigenvalue weighted by Gasteiger charge is -2.18. The van der Waals surface area contributed by atoms with Crippen LogP contribution in [0.1, 0.15) is 23.8 Å². The van der Waals surface area contributed by atoms with E-state index >= 15 is 0 Å². The van der Waals surface area contributed by atoms with Gasteiger partial charge >= 0.3 is 0 Å². The molecular formula is C13H15N3O2. The smallest absolute Gasteiger partial charge is 0.275 e. The number of β-amino-alcohol motifs (C(OH)–C–C–N with tert-alkyl or cyclic N) is 1. The molecule has 0 spiro atoms. The Hall–Kier alpha value is -1.88. The van der Waals surface area contributed by atoms with Crippen molar-refractivity contribution in [1.82, 2.24) is 15.1 Å². The number of fused-ring (bicyclic) bond motifs is 1. The van der Waals surface area contributed by atoms with Crippen molar-refractivity contribution in [3.8, 4) is 0 Å². The SMILES string of the molecule is CC1(O)CCN(C(=O)c2n[nH]c3ccccc23)C1. The number of benzene rings is 1. The minimum Gasteiger partial charge on any atom is -0.388 e. The maximum absolute atomic E-state index is 12.3. The van der Waals surface area contributed by atoms with Gasteiger partial charge < -0.3 is 10.0 Å². The van der Waals surface area contributed by atoms with E-state index in [-0.39, 0.29) is 5.91 Å². The molecule has 1 amide bonds. The molecule has 94 valence electrons. The van der Waals surface area contributed by atoms with Gasteiger partial charge in [0.15, 0.2) is 5.69 Å². The predicted octanol–water partition coefficient (Wildman–Crippen LogP) is 1.16. The second kappa shape index (κ2) is 3.81. The van der Waals surface area contributed by atoms with Crippen LogP contribution in [0.25, 0.3) is 10.9 Å². The highest BCUT2D eigenvalue weighted by Gasteiger charge is 2.35. The molecule has 2 aromatic rings. The number of likely N-dealkylation sites (tertiary alicyclic amines) is 1. The van der Waals surface area contributed by atoms with Crippen LogP contribution in [0, 0.1) is 0 Å². The normalized spacial score (nSPS) is 23.8. The maximum Gasteiger partial charge on any atom is 0.275 e. The largest absolute Gasteiger partial charge is 0.388 e. The Bertz CT molecular complexity index is 603. The fraction of sp³-hybridized carbons (Fsp3) is 0.385. The number of H-pyrrole nitrogens is 1. The van der Waals surface area contributed by atoms with Gasteiger partial charge in [0.25, 0.3) is 5.91 Å². The standard InChI is InChI=1S/C13H15N3O2/c1-13(18)6-7-16(8-13)12(17)11-9-4-2-3-5-10(9)14-15-11/h2-5,18H,6-8H2,1H3,(H,14,15). The summed E-state index contributed by atoms with van der Waals surface area (Å²) in [5.74, 6) is -0.120. The van der Waals surface area contributed by atoms with Gasteiger partial charge in [-0.2, -0.15) is 5.10 Å². The van der Waals surface area contributed by atoms with Crippen molar-refractivity contribution in [3.63, 3.8) is 0 Å². The second-order valence-corrected chi connectivity index (χ2v) is 5.09. The molecule has 1 aliphatic heterocycles. The number of nitrogens with one attached hydrogen (secondary N) is 1. The van der Waals surface area contributed by atoms with Crippen LogP contribution in [0.2, 0.25) is 0 Å². The lowest BCUT2D eigenvalue weighted by molar-refractivity contribution is 0.0570. The Kier molecular flexibility index (Phi) is 2.38. The zero-order chi connectivity index (χ0) is 12.8. The summed E-state index contributed by atoms with van der Waals surface area (Å²) in [7, 11) is 0. The van der Waals surface area contributed by atoms with Crippen LogP contribution in [0.15, 0.2) is 24.3 Å². The molecule has 5 nitrogen and oxygen atoms in total. The molecule has 0 aliphatic carbocycles. The predicted molar refractivity (Wildman–Crippen MR) is 67.2 cm³/mol. The zero-order valence-corrected chi connectivity index (χ0v) is 10.2. The molecule has 1 aliphatic rings. The van der Waals surface area contributed by atoms with Gasteiger partial charge in [-0.15, -0.1) is 0 Å². The number of aromatic nitrogens is 2. The van der Waals surface area contributed by atoms with Crippen LogP contribution in [0.5, 0.6) is 0 Å². The summed E-state index contributed by atoms with van der Waals surface area (Å²) in [4.78, 5) is 14.0. The first-order valence-corrected chi connectivity index (χ1v) is 6.02. The van der Waals surface area contributed by atoms with Gasteiger partial charge in [0, 0.05) is 18.5 Å². The number of aliphatic hydroxyl groups is 1. The molecule has 2 heterocycles. The molecule has 1 unspecified atom stereocenters. The molecule has 3 rings (SSSR count). The minimum atomic E-state index is -0.776. The second-order valence-electron chi connectivity index (χ2n) is 5.09. The number of rotatable bonds is 1. The van der Waals surface area contributed by atoms with E-state index in [1.54, 1.807) is 11.8 Å². The third kappa shape index (κ3) is 1.76. The molecule has 2 N–H and O–H groups in total. The van der Waals surface area contributed by atoms with E-state index < -0.39 is 5.60 Å². The quantitative estimate of drug-likeness (QED) is 0.792. The summed E-state index contributed by atoms with van der Waals surface area (Å²) in [5, 5.41) is 17.7. The van der Waals surface area contributed by atoms with E-state index in [0.29, 0.717) is 25.2 Å². The molecule has 5 heteroatoms. The van der Waals surface area contributed by atoms with Gasteiger partial charge in [0.05, 0.1) is 11.1 Å². The van der Waals surface area contributed by atoms with Gasteiger partial charge in [-0.1, -0.05) is 18.2 Å². The van der Waals surface area contributed by atoms with Crippen LogP contribution < -0.4 is 0 Å². The van der Waals surface area contributed by atoms with Gasteiger partial charge in [-0.3, -0.25) is 9.89 Å². The van der Waals surface area contributed by atoms with Crippen LogP contribution >= 0.6 is 0 Å². The van der Waals surface area contributed by atoms with E-state index in [9.17, 15) is 9.90 Å². The number of nitrogens with zero attached hydrogens (tertiary/aromatic N) is 2. The molecule has 1 fully saturated rings. The van der Waals surface area contributed by atoms with Crippen molar-refractivity contribution < 1.29 is 9.90 Å². The Morgan fingerprint density at radius 3 is 3.00 bits per heavy atom. The molecule has 1 saturated heterocycles. The van der Waals surface area contributed by atoms with Crippen molar-refractivity contribution in [2.75, 3.05) is 13.1 Å². The van der Waals surface area contributed by atoms with Crippen molar-refractivity contribution in [3.05, 3.63) is 30.0 Å². The van der Waals surface area contributed by atoms with Crippen molar-refractivity contribution in [2.45, 2.75) is 18.9 Å². The third-order valence-electron chi connectivity index (χ3n) is 3.41. The van der Waals surface area contributed by atoms with Crippen LogP contribution in [-0.2, 0) is 0 Å². The summed E-state index contributed by atoms with van der Waals surface area (Å²) in [6, 6.07) is 7.55. The minimum absolute atomic E-state index is 0.120. The number of carbonyl (C=O) groups is 1. The molecule has 1 atom stereocenters. The highest BCUT2D eigenvalue weighted by molar-refractivity contribution is 6.04. The average molecular weight is 245 g/mol. The topological polar surface area (TPSA) is 69.2 Å². The Labute approximate surface area is 104 Å². The first-order valence-electron chi connectivity index (χ1n) is 6.02. The van der Waals surface area contributed by atoms with Gasteiger partial charge in [-0.05, 0) is 19.4 Å². The number of aromatic amines is 1. The van der Waals surface area contributed by atoms with E-state index in [1.165, 1.54) is 0 Å². The van der Waals surface area contributed by atoms with Gasteiger partial charge in [-0.25, -0.2) is 0 Å². The number of amides is 1. The summed E-state index contributed by atoms with van der Waals surface area (Å²) >= 11 is 0. The van der Waals surface area contributed by atoms with Crippen LogP contribution in [0.4, 0.5) is 0 Å². The fourth-order valence-electron chi connectivity index (χ4n) is 2.39. The summed E-state index contributed by atoms with van der Waals surface area (Å²) in [5.41, 5.74) is 0.511. The molecule has 0 saturated carbocycles. The summed E-state index contributed by atoms with van der Waals surface area (Å²) in [6.07, 6.45) is 0.612. The molecule has 1 aromatic carbocycles. The van der Waals surface area contributed by atoms with Gasteiger partial charge in [0.1, 0.15) is 0 Å². The molecular weight excluding hydrogens is 230 g/mol. The highest BCUT2D eigenvalue weighted by Crippen LogP contribution is 2.24. The van der Waals surface area contributed by atoms with Crippen molar-refractivity contribution in [2.24, 2.45) is 0 Å². The number of hydrogen-bond donors (Lipinski definition) is 2. The van der Waals surface area contributed by atoms with Crippen LogP contribution in [0.3, 0.4) is 0 Å². The van der Waals surface area contributed by atoms with E-state index in [2.05, 4.69) is 10.2 Å². The number of carbonyl (C=O) groups excluding carboxylic acids is 1. The average Bonchev–Trinajstić information content (AvgIpc) is 2.91. The third-order valence-corrected chi connectivity index (χ3v) is 3.41. The lowest BCUT2D eigenvalue weighted by atomic mass is 10.1.